The zero-order valence-corrected chi connectivity index (χ0v) is 15.2. The van der Waals surface area contributed by atoms with E-state index >= 15 is 0 Å². The first kappa shape index (κ1) is 18.2. The Labute approximate surface area is 156 Å². The average Bonchev–Trinajstić information content (AvgIpc) is 2.68. The van der Waals surface area contributed by atoms with Crippen LogP contribution in [0, 0.1) is 0 Å². The fourth-order valence-electron chi connectivity index (χ4n) is 2.52. The predicted octanol–water partition coefficient (Wildman–Crippen LogP) is 3.62. The maximum absolute atomic E-state index is 11.3. The van der Waals surface area contributed by atoms with Gasteiger partial charge in [-0.05, 0) is 30.3 Å². The maximum atomic E-state index is 11.3. The van der Waals surface area contributed by atoms with Crippen molar-refractivity contribution >= 4 is 28.9 Å². The number of aromatic nitrogens is 1. The molecule has 0 saturated carbocycles. The van der Waals surface area contributed by atoms with Crippen molar-refractivity contribution in [2.24, 2.45) is 5.10 Å². The van der Waals surface area contributed by atoms with Crippen molar-refractivity contribution in [3.63, 3.8) is 0 Å². The van der Waals surface area contributed by atoms with Crippen LogP contribution in [0.25, 0.3) is 10.9 Å². The first-order valence-electron chi connectivity index (χ1n) is 8.20. The Kier molecular flexibility index (Phi) is 5.51. The summed E-state index contributed by atoms with van der Waals surface area (Å²) in [5.74, 6) is 1.14. The summed E-state index contributed by atoms with van der Waals surface area (Å²) in [6, 6.07) is 15.1. The van der Waals surface area contributed by atoms with Gasteiger partial charge in [0.1, 0.15) is 5.82 Å². The van der Waals surface area contributed by atoms with Crippen molar-refractivity contribution in [2.75, 3.05) is 19.6 Å². The number of pyridine rings is 1. The third kappa shape index (κ3) is 4.33. The Balaban J connectivity index is 1.82. The summed E-state index contributed by atoms with van der Waals surface area (Å²) in [5.41, 5.74) is 4.48. The molecule has 0 aliphatic rings. The highest BCUT2D eigenvalue weighted by Gasteiger charge is 2.15. The maximum Gasteiger partial charge on any atom is 0.308 e. The van der Waals surface area contributed by atoms with Crippen LogP contribution in [0.15, 0.2) is 53.6 Å². The molecular weight excluding hydrogens is 346 g/mol. The molecule has 1 N–H and O–H groups in total. The van der Waals surface area contributed by atoms with E-state index < -0.39 is 5.97 Å². The molecule has 3 aromatic rings. The molecule has 7 heteroatoms. The molecule has 0 atom stereocenters. The van der Waals surface area contributed by atoms with Crippen LogP contribution in [0.3, 0.4) is 0 Å². The van der Waals surface area contributed by atoms with Crippen LogP contribution in [-0.2, 0) is 4.79 Å². The van der Waals surface area contributed by atoms with Crippen molar-refractivity contribution in [3.05, 3.63) is 54.1 Å². The molecule has 0 amide bonds. The summed E-state index contributed by atoms with van der Waals surface area (Å²) in [6.07, 6.45) is 1.60. The molecule has 0 bridgehead atoms. The molecule has 0 radical (unpaired) electrons. The fourth-order valence-corrected chi connectivity index (χ4v) is 2.52. The molecule has 1 heterocycles. The second-order valence-corrected chi connectivity index (χ2v) is 5.61. The molecule has 0 fully saturated rings. The van der Waals surface area contributed by atoms with E-state index in [1.807, 2.05) is 36.4 Å². The highest BCUT2D eigenvalue weighted by molar-refractivity contribution is 5.84. The monoisotopic (exact) mass is 365 g/mol. The molecule has 7 nitrogen and oxygen atoms in total. The predicted molar refractivity (Wildman–Crippen MR) is 104 cm³/mol. The molecule has 138 valence electrons. The van der Waals surface area contributed by atoms with E-state index in [1.54, 1.807) is 18.3 Å². The number of methoxy groups -OCH3 is 2. The number of ether oxygens (including phenoxy) is 3. The van der Waals surface area contributed by atoms with E-state index in [1.165, 1.54) is 21.1 Å². The number of fused-ring (bicyclic) bond motifs is 1. The van der Waals surface area contributed by atoms with Crippen molar-refractivity contribution in [2.45, 2.75) is 6.92 Å². The highest BCUT2D eigenvalue weighted by Crippen LogP contribution is 2.38. The van der Waals surface area contributed by atoms with Gasteiger partial charge in [0.2, 0.25) is 5.75 Å². The Hall–Kier alpha value is -3.61. The molecule has 1 aromatic heterocycles. The van der Waals surface area contributed by atoms with Gasteiger partial charge in [0.05, 0.1) is 26.0 Å². The second kappa shape index (κ2) is 8.18. The molecule has 0 aliphatic heterocycles. The van der Waals surface area contributed by atoms with Gasteiger partial charge >= 0.3 is 5.97 Å². The number of para-hydroxylation sites is 1. The molecule has 2 aromatic carbocycles. The summed E-state index contributed by atoms with van der Waals surface area (Å²) in [6.45, 7) is 1.31. The van der Waals surface area contributed by atoms with E-state index in [9.17, 15) is 4.79 Å². The number of hydrogen-bond acceptors (Lipinski definition) is 7. The third-order valence-corrected chi connectivity index (χ3v) is 3.72. The summed E-state index contributed by atoms with van der Waals surface area (Å²) in [5, 5.41) is 5.26. The number of hydrazone groups is 1. The normalized spacial score (nSPS) is 10.8. The first-order chi connectivity index (χ1) is 13.1. The third-order valence-electron chi connectivity index (χ3n) is 3.72. The number of nitrogens with zero attached hydrogens (tertiary/aromatic N) is 2. The van der Waals surface area contributed by atoms with Crippen molar-refractivity contribution in [1.82, 2.24) is 4.98 Å². The smallest absolute Gasteiger partial charge is 0.308 e. The van der Waals surface area contributed by atoms with Crippen LogP contribution in [0.2, 0.25) is 0 Å². The van der Waals surface area contributed by atoms with Crippen LogP contribution in [0.5, 0.6) is 17.2 Å². The minimum atomic E-state index is -0.461. The van der Waals surface area contributed by atoms with Gasteiger partial charge in [0.25, 0.3) is 0 Å². The van der Waals surface area contributed by atoms with Crippen molar-refractivity contribution in [1.29, 1.82) is 0 Å². The molecule has 3 rings (SSSR count). The van der Waals surface area contributed by atoms with E-state index in [-0.39, 0.29) is 5.75 Å². The summed E-state index contributed by atoms with van der Waals surface area (Å²) < 4.78 is 15.7. The summed E-state index contributed by atoms with van der Waals surface area (Å²) >= 11 is 0. The lowest BCUT2D eigenvalue weighted by Gasteiger charge is -2.13. The van der Waals surface area contributed by atoms with Crippen LogP contribution >= 0.6 is 0 Å². The molecule has 27 heavy (non-hydrogen) atoms. The lowest BCUT2D eigenvalue weighted by molar-refractivity contribution is -0.132. The quantitative estimate of drug-likeness (QED) is 0.311. The Morgan fingerprint density at radius 3 is 2.44 bits per heavy atom. The van der Waals surface area contributed by atoms with Crippen LogP contribution in [-0.4, -0.2) is 31.4 Å². The van der Waals surface area contributed by atoms with E-state index in [0.717, 1.165) is 10.9 Å². The minimum absolute atomic E-state index is 0.230. The van der Waals surface area contributed by atoms with Crippen LogP contribution in [0.1, 0.15) is 12.5 Å². The summed E-state index contributed by atoms with van der Waals surface area (Å²) in [7, 11) is 2.97. The topological polar surface area (TPSA) is 82.0 Å². The van der Waals surface area contributed by atoms with Gasteiger partial charge in [0.15, 0.2) is 11.5 Å². The Morgan fingerprint density at radius 2 is 1.78 bits per heavy atom. The van der Waals surface area contributed by atoms with Gasteiger partial charge in [-0.25, -0.2) is 4.98 Å². The zero-order valence-electron chi connectivity index (χ0n) is 15.2. The number of nitrogens with one attached hydrogen (secondary N) is 1. The average molecular weight is 365 g/mol. The van der Waals surface area contributed by atoms with Crippen molar-refractivity contribution < 1.29 is 19.0 Å². The molecule has 0 spiro atoms. The Morgan fingerprint density at radius 1 is 1.07 bits per heavy atom. The summed E-state index contributed by atoms with van der Waals surface area (Å²) in [4.78, 5) is 15.8. The Bertz CT molecular complexity index is 976. The molecular formula is C20H19N3O4. The lowest BCUT2D eigenvalue weighted by atomic mass is 10.2. The molecule has 0 saturated heterocycles. The van der Waals surface area contributed by atoms with Gasteiger partial charge in [-0.15, -0.1) is 0 Å². The number of hydrogen-bond donors (Lipinski definition) is 1. The number of carbonyl (C=O) groups excluding carboxylic acids is 1. The van der Waals surface area contributed by atoms with Crippen LogP contribution in [0.4, 0.5) is 5.82 Å². The van der Waals surface area contributed by atoms with Gasteiger partial charge in [-0.1, -0.05) is 18.2 Å². The van der Waals surface area contributed by atoms with E-state index in [0.29, 0.717) is 22.9 Å². The first-order valence-corrected chi connectivity index (χ1v) is 8.20. The highest BCUT2D eigenvalue weighted by atomic mass is 16.6. The van der Waals surface area contributed by atoms with Gasteiger partial charge in [-0.3, -0.25) is 10.2 Å². The largest absolute Gasteiger partial charge is 0.493 e. The standard InChI is InChI=1S/C20H19N3O4/c1-13(24)27-20-17(25-2)10-14(11-18(20)26-3)12-21-23-19-9-8-15-6-4-5-7-16(15)22-19/h4-12H,1-3H3,(H,22,23)/b21-12+. The zero-order chi connectivity index (χ0) is 19.2. The number of rotatable bonds is 6. The van der Waals surface area contributed by atoms with E-state index in [4.69, 9.17) is 14.2 Å². The molecule has 0 aliphatic carbocycles. The van der Waals surface area contributed by atoms with E-state index in [2.05, 4.69) is 15.5 Å². The number of anilines is 1. The minimum Gasteiger partial charge on any atom is -0.493 e. The van der Waals surface area contributed by atoms with Gasteiger partial charge in [0, 0.05) is 17.9 Å². The lowest BCUT2D eigenvalue weighted by Crippen LogP contribution is -2.05. The fraction of sp³-hybridized carbons (Fsp3) is 0.150. The van der Waals surface area contributed by atoms with Crippen molar-refractivity contribution in [3.8, 4) is 17.2 Å². The second-order valence-electron chi connectivity index (χ2n) is 5.61. The number of benzene rings is 2. The van der Waals surface area contributed by atoms with Gasteiger partial charge in [-0.2, -0.15) is 5.10 Å². The SMILES string of the molecule is COc1cc(/C=N/Nc2ccc3ccccc3n2)cc(OC)c1OC(C)=O. The number of esters is 1. The van der Waals surface area contributed by atoms with Crippen LogP contribution < -0.4 is 19.6 Å². The van der Waals surface area contributed by atoms with Gasteiger partial charge < -0.3 is 14.2 Å². The molecule has 0 unspecified atom stereocenters. The number of carbonyl (C=O) groups is 1.